The maximum Gasteiger partial charge on any atom is 0.120 e. The van der Waals surface area contributed by atoms with Crippen molar-refractivity contribution in [2.24, 2.45) is 5.73 Å². The van der Waals surface area contributed by atoms with Crippen LogP contribution in [0.5, 0.6) is 11.5 Å². The summed E-state index contributed by atoms with van der Waals surface area (Å²) in [6, 6.07) is 7.45. The third-order valence-electron chi connectivity index (χ3n) is 1.73. The highest BCUT2D eigenvalue weighted by atomic mass is 35.5. The van der Waals surface area contributed by atoms with Crippen LogP contribution in [0.3, 0.4) is 0 Å². The first-order valence-corrected chi connectivity index (χ1v) is 4.27. The van der Waals surface area contributed by atoms with Crippen LogP contribution in [0.15, 0.2) is 24.3 Å². The lowest BCUT2D eigenvalue weighted by Gasteiger charge is -2.12. The number of hydrogen-bond donors (Lipinski definition) is 1. The summed E-state index contributed by atoms with van der Waals surface area (Å²) in [5.74, 6) is 1.64. The summed E-state index contributed by atoms with van der Waals surface area (Å²) in [5.41, 5.74) is 5.43. The van der Waals surface area contributed by atoms with Gasteiger partial charge in [-0.15, -0.1) is 12.4 Å². The molecule has 0 aliphatic carbocycles. The van der Waals surface area contributed by atoms with Crippen LogP contribution < -0.4 is 15.2 Å². The molecule has 4 heteroatoms. The van der Waals surface area contributed by atoms with Crippen LogP contribution in [0.1, 0.15) is 6.92 Å². The zero-order valence-corrected chi connectivity index (χ0v) is 9.21. The first-order chi connectivity index (χ1) is 6.26. The largest absolute Gasteiger partial charge is 0.497 e. The monoisotopic (exact) mass is 217 g/mol. The van der Waals surface area contributed by atoms with E-state index in [4.69, 9.17) is 15.2 Å². The molecule has 0 aliphatic rings. The van der Waals surface area contributed by atoms with Gasteiger partial charge in [-0.1, -0.05) is 0 Å². The number of methoxy groups -OCH3 is 1. The van der Waals surface area contributed by atoms with Gasteiger partial charge in [-0.2, -0.15) is 0 Å². The molecule has 0 amide bonds. The minimum atomic E-state index is 0. The molecule has 0 heterocycles. The van der Waals surface area contributed by atoms with E-state index >= 15 is 0 Å². The summed E-state index contributed by atoms with van der Waals surface area (Å²) < 4.78 is 10.5. The van der Waals surface area contributed by atoms with Crippen molar-refractivity contribution in [3.63, 3.8) is 0 Å². The van der Waals surface area contributed by atoms with Crippen LogP contribution in [0.4, 0.5) is 0 Å². The van der Waals surface area contributed by atoms with Gasteiger partial charge in [0.1, 0.15) is 17.6 Å². The molecule has 80 valence electrons. The Morgan fingerprint density at radius 2 is 1.71 bits per heavy atom. The summed E-state index contributed by atoms with van der Waals surface area (Å²) in [4.78, 5) is 0. The van der Waals surface area contributed by atoms with Crippen molar-refractivity contribution in [3.8, 4) is 11.5 Å². The van der Waals surface area contributed by atoms with Crippen LogP contribution in [0.25, 0.3) is 0 Å². The molecule has 1 unspecified atom stereocenters. The number of benzene rings is 1. The first kappa shape index (κ1) is 13.1. The molecule has 0 fully saturated rings. The van der Waals surface area contributed by atoms with Gasteiger partial charge in [0, 0.05) is 6.54 Å². The molecule has 0 radical (unpaired) electrons. The second-order valence-corrected chi connectivity index (χ2v) is 2.84. The quantitative estimate of drug-likeness (QED) is 0.837. The van der Waals surface area contributed by atoms with Crippen LogP contribution in [0.2, 0.25) is 0 Å². The molecule has 0 aliphatic heterocycles. The Morgan fingerprint density at radius 1 is 1.21 bits per heavy atom. The molecule has 1 atom stereocenters. The summed E-state index contributed by atoms with van der Waals surface area (Å²) in [6.07, 6.45) is 0.0494. The van der Waals surface area contributed by atoms with Gasteiger partial charge in [0.2, 0.25) is 0 Å². The van der Waals surface area contributed by atoms with E-state index < -0.39 is 0 Å². The zero-order valence-electron chi connectivity index (χ0n) is 8.40. The van der Waals surface area contributed by atoms with E-state index in [2.05, 4.69) is 0 Å². The Balaban J connectivity index is 0.00000169. The molecule has 1 aromatic rings. The minimum Gasteiger partial charge on any atom is -0.497 e. The standard InChI is InChI=1S/C10H15NO2.ClH/c1-8(7-11)13-10-5-3-9(12-2)4-6-10;/h3-6,8H,7,11H2,1-2H3;1H. The van der Waals surface area contributed by atoms with Gasteiger partial charge >= 0.3 is 0 Å². The molecule has 2 N–H and O–H groups in total. The highest BCUT2D eigenvalue weighted by molar-refractivity contribution is 5.85. The second kappa shape index (κ2) is 6.51. The average Bonchev–Trinajstić information content (AvgIpc) is 2.19. The fourth-order valence-corrected chi connectivity index (χ4v) is 0.935. The maximum atomic E-state index is 5.48. The van der Waals surface area contributed by atoms with Crippen LogP contribution in [0, 0.1) is 0 Å². The molecule has 14 heavy (non-hydrogen) atoms. The SMILES string of the molecule is COc1ccc(OC(C)CN)cc1.Cl. The number of ether oxygens (including phenoxy) is 2. The van der Waals surface area contributed by atoms with E-state index in [-0.39, 0.29) is 18.5 Å². The van der Waals surface area contributed by atoms with Crippen LogP contribution >= 0.6 is 12.4 Å². The van der Waals surface area contributed by atoms with Crippen molar-refractivity contribution in [3.05, 3.63) is 24.3 Å². The molecule has 3 nitrogen and oxygen atoms in total. The number of nitrogens with two attached hydrogens (primary N) is 1. The van der Waals surface area contributed by atoms with Crippen molar-refractivity contribution < 1.29 is 9.47 Å². The third kappa shape index (κ3) is 3.85. The Morgan fingerprint density at radius 3 is 2.14 bits per heavy atom. The predicted octanol–water partition coefficient (Wildman–Crippen LogP) is 1.84. The van der Waals surface area contributed by atoms with Gasteiger partial charge in [-0.25, -0.2) is 0 Å². The molecular weight excluding hydrogens is 202 g/mol. The molecular formula is C10H16ClNO2. The molecule has 0 spiro atoms. The lowest BCUT2D eigenvalue weighted by atomic mass is 10.3. The average molecular weight is 218 g/mol. The van der Waals surface area contributed by atoms with E-state index in [0.717, 1.165) is 11.5 Å². The van der Waals surface area contributed by atoms with Gasteiger partial charge in [-0.05, 0) is 31.2 Å². The summed E-state index contributed by atoms with van der Waals surface area (Å²) >= 11 is 0. The fraction of sp³-hybridized carbons (Fsp3) is 0.400. The van der Waals surface area contributed by atoms with E-state index in [1.54, 1.807) is 7.11 Å². The zero-order chi connectivity index (χ0) is 9.68. The van der Waals surface area contributed by atoms with Gasteiger partial charge in [0.05, 0.1) is 7.11 Å². The van der Waals surface area contributed by atoms with Gasteiger partial charge in [0.15, 0.2) is 0 Å². The van der Waals surface area contributed by atoms with E-state index in [1.807, 2.05) is 31.2 Å². The van der Waals surface area contributed by atoms with Gasteiger partial charge in [0.25, 0.3) is 0 Å². The fourth-order valence-electron chi connectivity index (χ4n) is 0.935. The second-order valence-electron chi connectivity index (χ2n) is 2.84. The molecule has 1 aromatic carbocycles. The van der Waals surface area contributed by atoms with Crippen LogP contribution in [-0.2, 0) is 0 Å². The van der Waals surface area contributed by atoms with Crippen LogP contribution in [-0.4, -0.2) is 19.8 Å². The van der Waals surface area contributed by atoms with Crippen molar-refractivity contribution in [2.75, 3.05) is 13.7 Å². The van der Waals surface area contributed by atoms with E-state index in [0.29, 0.717) is 6.54 Å². The van der Waals surface area contributed by atoms with Gasteiger partial charge in [-0.3, -0.25) is 0 Å². The van der Waals surface area contributed by atoms with E-state index in [1.165, 1.54) is 0 Å². The maximum absolute atomic E-state index is 5.48. The highest BCUT2D eigenvalue weighted by Gasteiger charge is 2.00. The predicted molar refractivity (Wildman–Crippen MR) is 59.4 cm³/mol. The van der Waals surface area contributed by atoms with Crippen molar-refractivity contribution >= 4 is 12.4 Å². The minimum absolute atomic E-state index is 0. The molecule has 0 saturated carbocycles. The Labute approximate surface area is 90.6 Å². The van der Waals surface area contributed by atoms with Crippen molar-refractivity contribution in [2.45, 2.75) is 13.0 Å². The molecule has 0 bridgehead atoms. The Kier molecular flexibility index (Phi) is 6.08. The lowest BCUT2D eigenvalue weighted by Crippen LogP contribution is -2.22. The number of hydrogen-bond acceptors (Lipinski definition) is 3. The van der Waals surface area contributed by atoms with Crippen molar-refractivity contribution in [1.29, 1.82) is 0 Å². The van der Waals surface area contributed by atoms with Crippen molar-refractivity contribution in [1.82, 2.24) is 0 Å². The topological polar surface area (TPSA) is 44.5 Å². The summed E-state index contributed by atoms with van der Waals surface area (Å²) in [5, 5.41) is 0. The van der Waals surface area contributed by atoms with E-state index in [9.17, 15) is 0 Å². The highest BCUT2D eigenvalue weighted by Crippen LogP contribution is 2.17. The first-order valence-electron chi connectivity index (χ1n) is 4.27. The normalized spacial score (nSPS) is 11.4. The van der Waals surface area contributed by atoms with Gasteiger partial charge < -0.3 is 15.2 Å². The molecule has 0 aromatic heterocycles. The number of rotatable bonds is 4. The summed E-state index contributed by atoms with van der Waals surface area (Å²) in [7, 11) is 1.64. The Bertz CT molecular complexity index is 251. The molecule has 0 saturated heterocycles. The number of halogens is 1. The Hall–Kier alpha value is -0.930. The lowest BCUT2D eigenvalue weighted by molar-refractivity contribution is 0.229. The third-order valence-corrected chi connectivity index (χ3v) is 1.73. The smallest absolute Gasteiger partial charge is 0.120 e. The summed E-state index contributed by atoms with van der Waals surface area (Å²) in [6.45, 7) is 2.45. The molecule has 1 rings (SSSR count).